The minimum atomic E-state index is -3.67. The van der Waals surface area contributed by atoms with Crippen molar-refractivity contribution >= 4 is 40.0 Å². The highest BCUT2D eigenvalue weighted by molar-refractivity contribution is 7.89. The Hall–Kier alpha value is -0.860. The molecule has 24 heavy (non-hydrogen) atoms. The zero-order valence-corrected chi connectivity index (χ0v) is 16.0. The number of ether oxygens (including phenoxy) is 1. The number of carbonyl (C=O) groups is 1. The van der Waals surface area contributed by atoms with Crippen molar-refractivity contribution in [1.82, 2.24) is 9.62 Å². The highest BCUT2D eigenvalue weighted by atomic mass is 35.5. The Balaban J connectivity index is 0.00000288. The molecule has 0 saturated carbocycles. The van der Waals surface area contributed by atoms with E-state index in [2.05, 4.69) is 10.1 Å². The molecule has 1 aromatic carbocycles. The van der Waals surface area contributed by atoms with Gasteiger partial charge in [0, 0.05) is 13.1 Å². The monoisotopic (exact) mass is 396 g/mol. The average Bonchev–Trinajstić information content (AvgIpc) is 2.54. The number of sulfonamides is 1. The molecule has 136 valence electrons. The van der Waals surface area contributed by atoms with E-state index in [1.807, 2.05) is 7.05 Å². The van der Waals surface area contributed by atoms with Crippen molar-refractivity contribution < 1.29 is 17.9 Å². The molecule has 1 N–H and O–H groups in total. The number of carbonyl (C=O) groups excluding carboxylic acids is 1. The first-order chi connectivity index (χ1) is 10.9. The number of rotatable bonds is 5. The molecule has 0 spiro atoms. The number of esters is 1. The van der Waals surface area contributed by atoms with Gasteiger partial charge in [-0.15, -0.1) is 12.4 Å². The van der Waals surface area contributed by atoms with E-state index in [1.54, 1.807) is 0 Å². The van der Waals surface area contributed by atoms with Crippen molar-refractivity contribution in [3.05, 3.63) is 28.8 Å². The molecule has 0 aliphatic carbocycles. The summed E-state index contributed by atoms with van der Waals surface area (Å²) < 4.78 is 31.7. The second-order valence-electron chi connectivity index (χ2n) is 5.57. The SMILES string of the molecule is CNCC1CCCN(S(=O)(=O)c2ccc(C(=O)OC)cc2Cl)C1.Cl. The third-order valence-electron chi connectivity index (χ3n) is 3.95. The lowest BCUT2D eigenvalue weighted by Gasteiger charge is -2.32. The summed E-state index contributed by atoms with van der Waals surface area (Å²) in [5.74, 6) is -0.264. The summed E-state index contributed by atoms with van der Waals surface area (Å²) in [5, 5.41) is 3.12. The second kappa shape index (κ2) is 9.01. The van der Waals surface area contributed by atoms with Gasteiger partial charge in [0.2, 0.25) is 10.0 Å². The largest absolute Gasteiger partial charge is 0.465 e. The summed E-state index contributed by atoms with van der Waals surface area (Å²) in [7, 11) is -0.554. The molecule has 1 heterocycles. The molecule has 1 unspecified atom stereocenters. The number of nitrogens with one attached hydrogen (secondary N) is 1. The highest BCUT2D eigenvalue weighted by Crippen LogP contribution is 2.29. The van der Waals surface area contributed by atoms with Gasteiger partial charge in [-0.1, -0.05) is 11.6 Å². The van der Waals surface area contributed by atoms with Crippen molar-refractivity contribution in [2.45, 2.75) is 17.7 Å². The van der Waals surface area contributed by atoms with E-state index in [-0.39, 0.29) is 33.8 Å². The predicted molar refractivity (Wildman–Crippen MR) is 95.4 cm³/mol. The Morgan fingerprint density at radius 1 is 1.46 bits per heavy atom. The van der Waals surface area contributed by atoms with Crippen molar-refractivity contribution in [2.24, 2.45) is 5.92 Å². The topological polar surface area (TPSA) is 75.7 Å². The van der Waals surface area contributed by atoms with Crippen molar-refractivity contribution in [3.63, 3.8) is 0 Å². The number of piperidine rings is 1. The number of benzene rings is 1. The molecule has 2 rings (SSSR count). The number of methoxy groups -OCH3 is 1. The molecule has 1 fully saturated rings. The molecule has 9 heteroatoms. The first-order valence-electron chi connectivity index (χ1n) is 7.42. The summed E-state index contributed by atoms with van der Waals surface area (Å²) in [6, 6.07) is 4.11. The van der Waals surface area contributed by atoms with Crippen LogP contribution in [0.25, 0.3) is 0 Å². The van der Waals surface area contributed by atoms with Gasteiger partial charge in [0.15, 0.2) is 0 Å². The number of hydrogen-bond donors (Lipinski definition) is 1. The Bertz CT molecular complexity index is 680. The van der Waals surface area contributed by atoms with Gasteiger partial charge in [0.1, 0.15) is 4.90 Å². The van der Waals surface area contributed by atoms with Crippen LogP contribution < -0.4 is 5.32 Å². The van der Waals surface area contributed by atoms with E-state index in [0.717, 1.165) is 19.4 Å². The van der Waals surface area contributed by atoms with E-state index < -0.39 is 16.0 Å². The van der Waals surface area contributed by atoms with Crippen LogP contribution in [0.5, 0.6) is 0 Å². The maximum absolute atomic E-state index is 12.8. The van der Waals surface area contributed by atoms with Gasteiger partial charge in [0.05, 0.1) is 17.7 Å². The third-order valence-corrected chi connectivity index (χ3v) is 6.29. The van der Waals surface area contributed by atoms with Crippen LogP contribution in [-0.4, -0.2) is 52.5 Å². The van der Waals surface area contributed by atoms with Crippen LogP contribution in [0.2, 0.25) is 5.02 Å². The standard InChI is InChI=1S/C15H21ClN2O4S.ClH/c1-17-9-11-4-3-7-18(10-11)23(20,21)14-6-5-12(8-13(14)16)15(19)22-2;/h5-6,8,11,17H,3-4,7,9-10H2,1-2H3;1H. The summed E-state index contributed by atoms with van der Waals surface area (Å²) in [5.41, 5.74) is 0.225. The molecule has 0 bridgehead atoms. The van der Waals surface area contributed by atoms with Crippen LogP contribution in [0.4, 0.5) is 0 Å². The molecular formula is C15H22Cl2N2O4S. The van der Waals surface area contributed by atoms with Crippen LogP contribution in [0.15, 0.2) is 23.1 Å². The van der Waals surface area contributed by atoms with Gasteiger partial charge in [0.25, 0.3) is 0 Å². The second-order valence-corrected chi connectivity index (χ2v) is 7.88. The van der Waals surface area contributed by atoms with Gasteiger partial charge in [-0.3, -0.25) is 0 Å². The summed E-state index contributed by atoms with van der Waals surface area (Å²) in [4.78, 5) is 11.5. The lowest BCUT2D eigenvalue weighted by Crippen LogP contribution is -2.42. The zero-order valence-electron chi connectivity index (χ0n) is 13.6. The minimum Gasteiger partial charge on any atom is -0.465 e. The van der Waals surface area contributed by atoms with E-state index in [1.165, 1.54) is 29.6 Å². The average molecular weight is 397 g/mol. The number of nitrogens with zero attached hydrogens (tertiary/aromatic N) is 1. The third kappa shape index (κ3) is 4.61. The van der Waals surface area contributed by atoms with Gasteiger partial charge in [-0.2, -0.15) is 4.31 Å². The molecule has 1 aromatic rings. The maximum Gasteiger partial charge on any atom is 0.337 e. The van der Waals surface area contributed by atoms with Crippen LogP contribution >= 0.6 is 24.0 Å². The normalized spacial score (nSPS) is 18.7. The summed E-state index contributed by atoms with van der Waals surface area (Å²) in [6.45, 7) is 1.73. The van der Waals surface area contributed by atoms with Crippen LogP contribution in [0, 0.1) is 5.92 Å². The van der Waals surface area contributed by atoms with E-state index in [4.69, 9.17) is 11.6 Å². The van der Waals surface area contributed by atoms with E-state index in [9.17, 15) is 13.2 Å². The molecule has 1 aliphatic heterocycles. The minimum absolute atomic E-state index is 0. The zero-order chi connectivity index (χ0) is 17.0. The van der Waals surface area contributed by atoms with E-state index >= 15 is 0 Å². The molecule has 0 aromatic heterocycles. The van der Waals surface area contributed by atoms with Gasteiger partial charge >= 0.3 is 5.97 Å². The van der Waals surface area contributed by atoms with Crippen LogP contribution in [0.1, 0.15) is 23.2 Å². The number of hydrogen-bond acceptors (Lipinski definition) is 5. The summed E-state index contributed by atoms with van der Waals surface area (Å²) in [6.07, 6.45) is 1.82. The Labute approximate surface area is 154 Å². The fourth-order valence-electron chi connectivity index (χ4n) is 2.79. The lowest BCUT2D eigenvalue weighted by molar-refractivity contribution is 0.0600. The predicted octanol–water partition coefficient (Wildman–Crippen LogP) is 2.17. The fraction of sp³-hybridized carbons (Fsp3) is 0.533. The van der Waals surface area contributed by atoms with Crippen LogP contribution in [0.3, 0.4) is 0 Å². The fourth-order valence-corrected chi connectivity index (χ4v) is 4.87. The van der Waals surface area contributed by atoms with Crippen molar-refractivity contribution in [3.8, 4) is 0 Å². The molecule has 1 aliphatic rings. The molecule has 0 amide bonds. The van der Waals surface area contributed by atoms with Crippen molar-refractivity contribution in [2.75, 3.05) is 33.8 Å². The quantitative estimate of drug-likeness (QED) is 0.771. The first-order valence-corrected chi connectivity index (χ1v) is 9.24. The number of halogens is 2. The Morgan fingerprint density at radius 2 is 2.17 bits per heavy atom. The smallest absolute Gasteiger partial charge is 0.337 e. The molecular weight excluding hydrogens is 375 g/mol. The van der Waals surface area contributed by atoms with Gasteiger partial charge < -0.3 is 10.1 Å². The molecule has 6 nitrogen and oxygen atoms in total. The van der Waals surface area contributed by atoms with Gasteiger partial charge in [-0.25, -0.2) is 13.2 Å². The molecule has 0 radical (unpaired) electrons. The lowest BCUT2D eigenvalue weighted by atomic mass is 10.00. The Morgan fingerprint density at radius 3 is 2.75 bits per heavy atom. The summed E-state index contributed by atoms with van der Waals surface area (Å²) >= 11 is 6.11. The Kier molecular flexibility index (Phi) is 7.95. The van der Waals surface area contributed by atoms with Crippen LogP contribution in [-0.2, 0) is 14.8 Å². The first kappa shape index (κ1) is 21.2. The molecule has 1 atom stereocenters. The van der Waals surface area contributed by atoms with Crippen molar-refractivity contribution in [1.29, 1.82) is 0 Å². The van der Waals surface area contributed by atoms with E-state index in [0.29, 0.717) is 13.1 Å². The maximum atomic E-state index is 12.8. The molecule has 1 saturated heterocycles. The highest BCUT2D eigenvalue weighted by Gasteiger charge is 2.31. The van der Waals surface area contributed by atoms with Gasteiger partial charge in [-0.05, 0) is 50.6 Å².